The largest absolute Gasteiger partial charge is 0.497 e. The van der Waals surface area contributed by atoms with Gasteiger partial charge in [0.1, 0.15) is 28.8 Å². The standard InChI is InChI=1S/C19H17F2NO5/c1-25-13-7-8-16(26-2)12(10-13)6-9-18(24)27-11-17(23)22-19-14(20)4-3-5-15(19)21/h3-10H,11H2,1-2H3,(H,22,23)/b9-6+. The Labute approximate surface area is 154 Å². The molecule has 0 saturated carbocycles. The number of carbonyl (C=O) groups is 2. The quantitative estimate of drug-likeness (QED) is 0.593. The van der Waals surface area contributed by atoms with Gasteiger partial charge in [0.2, 0.25) is 0 Å². The van der Waals surface area contributed by atoms with Gasteiger partial charge in [-0.2, -0.15) is 0 Å². The van der Waals surface area contributed by atoms with Crippen molar-refractivity contribution in [1.29, 1.82) is 0 Å². The molecule has 2 aromatic rings. The fraction of sp³-hybridized carbons (Fsp3) is 0.158. The number of rotatable bonds is 7. The summed E-state index contributed by atoms with van der Waals surface area (Å²) in [6, 6.07) is 8.17. The highest BCUT2D eigenvalue weighted by molar-refractivity contribution is 5.95. The molecule has 0 aromatic heterocycles. The van der Waals surface area contributed by atoms with E-state index in [-0.39, 0.29) is 0 Å². The molecule has 0 aliphatic rings. The zero-order chi connectivity index (χ0) is 19.8. The van der Waals surface area contributed by atoms with Crippen molar-refractivity contribution in [3.05, 3.63) is 59.7 Å². The summed E-state index contributed by atoms with van der Waals surface area (Å²) in [4.78, 5) is 23.4. The number of carbonyl (C=O) groups excluding carboxylic acids is 2. The fourth-order valence-corrected chi connectivity index (χ4v) is 2.11. The third kappa shape index (κ3) is 5.53. The second-order valence-corrected chi connectivity index (χ2v) is 5.19. The maximum atomic E-state index is 13.5. The number of anilines is 1. The highest BCUT2D eigenvalue weighted by atomic mass is 19.1. The van der Waals surface area contributed by atoms with Crippen LogP contribution in [0, 0.1) is 11.6 Å². The number of methoxy groups -OCH3 is 2. The normalized spacial score (nSPS) is 10.5. The summed E-state index contributed by atoms with van der Waals surface area (Å²) in [6.45, 7) is -0.702. The molecular weight excluding hydrogens is 360 g/mol. The van der Waals surface area contributed by atoms with Gasteiger partial charge >= 0.3 is 5.97 Å². The highest BCUT2D eigenvalue weighted by Gasteiger charge is 2.13. The van der Waals surface area contributed by atoms with Crippen molar-refractivity contribution in [2.45, 2.75) is 0 Å². The monoisotopic (exact) mass is 377 g/mol. The van der Waals surface area contributed by atoms with E-state index in [2.05, 4.69) is 0 Å². The zero-order valence-corrected chi connectivity index (χ0v) is 14.6. The van der Waals surface area contributed by atoms with Crippen LogP contribution in [0.4, 0.5) is 14.5 Å². The Morgan fingerprint density at radius 2 is 1.78 bits per heavy atom. The molecule has 0 fully saturated rings. The predicted molar refractivity (Wildman–Crippen MR) is 94.5 cm³/mol. The first-order chi connectivity index (χ1) is 12.9. The molecule has 6 nitrogen and oxygen atoms in total. The third-order valence-electron chi connectivity index (χ3n) is 3.41. The molecule has 0 aliphatic heterocycles. The number of amides is 1. The van der Waals surface area contributed by atoms with Gasteiger partial charge in [-0.1, -0.05) is 6.07 Å². The number of hydrogen-bond donors (Lipinski definition) is 1. The van der Waals surface area contributed by atoms with Crippen LogP contribution in [0.5, 0.6) is 11.5 Å². The number of ether oxygens (including phenoxy) is 3. The molecular formula is C19H17F2NO5. The van der Waals surface area contributed by atoms with Crippen LogP contribution in [0.2, 0.25) is 0 Å². The topological polar surface area (TPSA) is 73.9 Å². The van der Waals surface area contributed by atoms with Gasteiger partial charge in [-0.25, -0.2) is 13.6 Å². The van der Waals surface area contributed by atoms with Crippen LogP contribution in [-0.4, -0.2) is 32.7 Å². The SMILES string of the molecule is COc1ccc(OC)c(/C=C/C(=O)OCC(=O)Nc2c(F)cccc2F)c1. The van der Waals surface area contributed by atoms with Crippen LogP contribution >= 0.6 is 0 Å². The van der Waals surface area contributed by atoms with Gasteiger partial charge in [0.15, 0.2) is 6.61 Å². The molecule has 1 amide bonds. The minimum atomic E-state index is -0.931. The molecule has 0 unspecified atom stereocenters. The van der Waals surface area contributed by atoms with E-state index >= 15 is 0 Å². The lowest BCUT2D eigenvalue weighted by atomic mass is 10.1. The van der Waals surface area contributed by atoms with Crippen LogP contribution in [-0.2, 0) is 14.3 Å². The predicted octanol–water partition coefficient (Wildman–Crippen LogP) is 3.18. The number of esters is 1. The smallest absolute Gasteiger partial charge is 0.331 e. The maximum Gasteiger partial charge on any atom is 0.331 e. The minimum absolute atomic E-state index is 0.507. The Bertz CT molecular complexity index is 847. The Morgan fingerprint density at radius 3 is 2.41 bits per heavy atom. The first-order valence-corrected chi connectivity index (χ1v) is 7.75. The molecule has 142 valence electrons. The lowest BCUT2D eigenvalue weighted by Crippen LogP contribution is -2.21. The van der Waals surface area contributed by atoms with Crippen molar-refractivity contribution in [3.63, 3.8) is 0 Å². The van der Waals surface area contributed by atoms with Crippen molar-refractivity contribution in [1.82, 2.24) is 0 Å². The number of benzene rings is 2. The Balaban J connectivity index is 1.94. The summed E-state index contributed by atoms with van der Waals surface area (Å²) in [5.74, 6) is -2.48. The summed E-state index contributed by atoms with van der Waals surface area (Å²) in [7, 11) is 2.98. The molecule has 0 atom stereocenters. The number of nitrogens with one attached hydrogen (secondary N) is 1. The highest BCUT2D eigenvalue weighted by Crippen LogP contribution is 2.25. The first kappa shape index (κ1) is 19.9. The van der Waals surface area contributed by atoms with E-state index in [4.69, 9.17) is 14.2 Å². The Hall–Kier alpha value is -3.42. The summed E-state index contributed by atoms with van der Waals surface area (Å²) < 4.78 is 41.9. The molecule has 0 aliphatic carbocycles. The Morgan fingerprint density at radius 1 is 1.07 bits per heavy atom. The molecule has 1 N–H and O–H groups in total. The molecule has 2 aromatic carbocycles. The van der Waals surface area contributed by atoms with Crippen LogP contribution < -0.4 is 14.8 Å². The fourth-order valence-electron chi connectivity index (χ4n) is 2.11. The van der Waals surface area contributed by atoms with Crippen molar-refractivity contribution < 1.29 is 32.6 Å². The lowest BCUT2D eigenvalue weighted by molar-refractivity contribution is -0.142. The molecule has 0 saturated heterocycles. The first-order valence-electron chi connectivity index (χ1n) is 7.75. The maximum absolute atomic E-state index is 13.5. The summed E-state index contributed by atoms with van der Waals surface area (Å²) in [5.41, 5.74) is -0.0399. The summed E-state index contributed by atoms with van der Waals surface area (Å²) in [5, 5.41) is 2.01. The van der Waals surface area contributed by atoms with Crippen LogP contribution in [0.3, 0.4) is 0 Å². The van der Waals surface area contributed by atoms with E-state index in [0.717, 1.165) is 24.3 Å². The van der Waals surface area contributed by atoms with E-state index < -0.39 is 35.8 Å². The summed E-state index contributed by atoms with van der Waals surface area (Å²) in [6.07, 6.45) is 2.52. The van der Waals surface area contributed by atoms with E-state index in [0.29, 0.717) is 17.1 Å². The number of halogens is 2. The second kappa shape index (κ2) is 9.33. The van der Waals surface area contributed by atoms with Crippen molar-refractivity contribution in [2.24, 2.45) is 0 Å². The van der Waals surface area contributed by atoms with Gasteiger partial charge in [-0.15, -0.1) is 0 Å². The molecule has 8 heteroatoms. The summed E-state index contributed by atoms with van der Waals surface area (Å²) >= 11 is 0. The van der Waals surface area contributed by atoms with E-state index in [1.807, 2.05) is 5.32 Å². The number of para-hydroxylation sites is 1. The van der Waals surface area contributed by atoms with Gasteiger partial charge in [-0.05, 0) is 36.4 Å². The molecule has 2 rings (SSSR count). The lowest BCUT2D eigenvalue weighted by Gasteiger charge is -2.08. The van der Waals surface area contributed by atoms with E-state index in [1.165, 1.54) is 20.3 Å². The van der Waals surface area contributed by atoms with Gasteiger partial charge < -0.3 is 19.5 Å². The molecule has 0 heterocycles. The average molecular weight is 377 g/mol. The van der Waals surface area contributed by atoms with Gasteiger partial charge in [-0.3, -0.25) is 4.79 Å². The van der Waals surface area contributed by atoms with Crippen molar-refractivity contribution >= 4 is 23.6 Å². The minimum Gasteiger partial charge on any atom is -0.497 e. The van der Waals surface area contributed by atoms with Crippen molar-refractivity contribution in [2.75, 3.05) is 26.1 Å². The molecule has 0 radical (unpaired) electrons. The van der Waals surface area contributed by atoms with Gasteiger partial charge in [0.05, 0.1) is 14.2 Å². The van der Waals surface area contributed by atoms with Crippen molar-refractivity contribution in [3.8, 4) is 11.5 Å². The average Bonchev–Trinajstić information content (AvgIpc) is 2.67. The third-order valence-corrected chi connectivity index (χ3v) is 3.41. The van der Waals surface area contributed by atoms with Crippen LogP contribution in [0.1, 0.15) is 5.56 Å². The number of hydrogen-bond acceptors (Lipinski definition) is 5. The van der Waals surface area contributed by atoms with Crippen LogP contribution in [0.25, 0.3) is 6.08 Å². The van der Waals surface area contributed by atoms with E-state index in [9.17, 15) is 18.4 Å². The zero-order valence-electron chi connectivity index (χ0n) is 14.6. The molecule has 27 heavy (non-hydrogen) atoms. The van der Waals surface area contributed by atoms with Gasteiger partial charge in [0, 0.05) is 11.6 Å². The second-order valence-electron chi connectivity index (χ2n) is 5.19. The Kier molecular flexibility index (Phi) is 6.87. The molecule has 0 spiro atoms. The molecule has 0 bridgehead atoms. The van der Waals surface area contributed by atoms with Crippen LogP contribution in [0.15, 0.2) is 42.5 Å². The van der Waals surface area contributed by atoms with E-state index in [1.54, 1.807) is 18.2 Å². The van der Waals surface area contributed by atoms with Gasteiger partial charge in [0.25, 0.3) is 5.91 Å².